The van der Waals surface area contributed by atoms with Crippen molar-refractivity contribution in [2.24, 2.45) is 0 Å². The van der Waals surface area contributed by atoms with Crippen LogP contribution in [0.5, 0.6) is 0 Å². The summed E-state index contributed by atoms with van der Waals surface area (Å²) < 4.78 is 0. The summed E-state index contributed by atoms with van der Waals surface area (Å²) >= 11 is 0. The lowest BCUT2D eigenvalue weighted by molar-refractivity contribution is -0.155. The Morgan fingerprint density at radius 2 is 1.83 bits per heavy atom. The van der Waals surface area contributed by atoms with E-state index >= 15 is 0 Å². The first-order valence-electron chi connectivity index (χ1n) is 7.63. The van der Waals surface area contributed by atoms with Gasteiger partial charge in [0.1, 0.15) is 6.04 Å². The van der Waals surface area contributed by atoms with Gasteiger partial charge in [0.15, 0.2) is 0 Å². The maximum Gasteiger partial charge on any atom is 0.245 e. The standard InChI is InChI=1S/C18H19N3O2/c1-20-13-17(22)21(12-15-9-5-6-10-19-15)16(18(20)23)11-14-7-3-2-4-8-14/h2-10,16H,11-13H2,1H3/t16-/m0/s1. The molecule has 118 valence electrons. The zero-order chi connectivity index (χ0) is 16.2. The number of rotatable bonds is 4. The molecule has 0 N–H and O–H groups in total. The normalized spacial score (nSPS) is 18.4. The molecule has 1 aromatic carbocycles. The molecule has 1 aliphatic rings. The highest BCUT2D eigenvalue weighted by molar-refractivity contribution is 5.94. The van der Waals surface area contributed by atoms with Crippen molar-refractivity contribution in [2.75, 3.05) is 13.6 Å². The van der Waals surface area contributed by atoms with Gasteiger partial charge in [-0.15, -0.1) is 0 Å². The van der Waals surface area contributed by atoms with E-state index in [1.165, 1.54) is 4.90 Å². The smallest absolute Gasteiger partial charge is 0.245 e. The number of likely N-dealkylation sites (N-methyl/N-ethyl adjacent to an activating group) is 1. The van der Waals surface area contributed by atoms with Gasteiger partial charge in [0.2, 0.25) is 11.8 Å². The van der Waals surface area contributed by atoms with Gasteiger partial charge in [-0.25, -0.2) is 0 Å². The van der Waals surface area contributed by atoms with E-state index in [4.69, 9.17) is 0 Å². The number of piperazine rings is 1. The molecule has 0 aliphatic carbocycles. The number of carbonyl (C=O) groups is 2. The summed E-state index contributed by atoms with van der Waals surface area (Å²) in [6, 6.07) is 14.9. The van der Waals surface area contributed by atoms with Crippen LogP contribution in [0.1, 0.15) is 11.3 Å². The maximum absolute atomic E-state index is 12.6. The lowest BCUT2D eigenvalue weighted by Gasteiger charge is -2.38. The van der Waals surface area contributed by atoms with Crippen molar-refractivity contribution >= 4 is 11.8 Å². The second-order valence-corrected chi connectivity index (χ2v) is 5.74. The highest BCUT2D eigenvalue weighted by Gasteiger charge is 2.37. The quantitative estimate of drug-likeness (QED) is 0.860. The largest absolute Gasteiger partial charge is 0.335 e. The topological polar surface area (TPSA) is 53.5 Å². The summed E-state index contributed by atoms with van der Waals surface area (Å²) in [5, 5.41) is 0. The molecule has 23 heavy (non-hydrogen) atoms. The Morgan fingerprint density at radius 3 is 2.52 bits per heavy atom. The van der Waals surface area contributed by atoms with Crippen LogP contribution in [0.2, 0.25) is 0 Å². The number of pyridine rings is 1. The first-order chi connectivity index (χ1) is 11.1. The van der Waals surface area contributed by atoms with Crippen molar-refractivity contribution < 1.29 is 9.59 Å². The molecule has 0 unspecified atom stereocenters. The lowest BCUT2D eigenvalue weighted by atomic mass is 10.0. The molecule has 5 heteroatoms. The van der Waals surface area contributed by atoms with Gasteiger partial charge >= 0.3 is 0 Å². The summed E-state index contributed by atoms with van der Waals surface area (Å²) in [7, 11) is 1.68. The zero-order valence-corrected chi connectivity index (χ0v) is 13.1. The van der Waals surface area contributed by atoms with Gasteiger partial charge in [-0.3, -0.25) is 14.6 Å². The molecule has 1 saturated heterocycles. The van der Waals surface area contributed by atoms with Crippen LogP contribution in [0.4, 0.5) is 0 Å². The summed E-state index contributed by atoms with van der Waals surface area (Å²) in [6.07, 6.45) is 2.21. The van der Waals surface area contributed by atoms with E-state index in [-0.39, 0.29) is 18.4 Å². The van der Waals surface area contributed by atoms with E-state index in [0.717, 1.165) is 11.3 Å². The first kappa shape index (κ1) is 15.2. The van der Waals surface area contributed by atoms with E-state index in [0.29, 0.717) is 13.0 Å². The fraction of sp³-hybridized carbons (Fsp3) is 0.278. The second kappa shape index (κ2) is 6.60. The van der Waals surface area contributed by atoms with Crippen LogP contribution in [-0.2, 0) is 22.6 Å². The lowest BCUT2D eigenvalue weighted by Crippen LogP contribution is -2.59. The number of carbonyl (C=O) groups excluding carboxylic acids is 2. The van der Waals surface area contributed by atoms with Crippen LogP contribution in [-0.4, -0.2) is 46.2 Å². The van der Waals surface area contributed by atoms with Crippen LogP contribution >= 0.6 is 0 Å². The number of benzene rings is 1. The van der Waals surface area contributed by atoms with E-state index in [9.17, 15) is 9.59 Å². The summed E-state index contributed by atoms with van der Waals surface area (Å²) in [6.45, 7) is 0.480. The minimum Gasteiger partial charge on any atom is -0.335 e. The van der Waals surface area contributed by atoms with Gasteiger partial charge in [0.05, 0.1) is 18.8 Å². The van der Waals surface area contributed by atoms with Crippen molar-refractivity contribution in [1.82, 2.24) is 14.8 Å². The van der Waals surface area contributed by atoms with Crippen LogP contribution < -0.4 is 0 Å². The molecule has 0 spiro atoms. The Morgan fingerprint density at radius 1 is 1.09 bits per heavy atom. The third-order valence-electron chi connectivity index (χ3n) is 4.06. The number of hydrogen-bond donors (Lipinski definition) is 0. The molecule has 3 rings (SSSR count). The third-order valence-corrected chi connectivity index (χ3v) is 4.06. The molecule has 1 aromatic heterocycles. The summed E-state index contributed by atoms with van der Waals surface area (Å²) in [5.41, 5.74) is 1.83. The van der Waals surface area contributed by atoms with Crippen LogP contribution in [0.15, 0.2) is 54.7 Å². The first-order valence-corrected chi connectivity index (χ1v) is 7.63. The molecule has 2 aromatic rings. The molecular weight excluding hydrogens is 290 g/mol. The van der Waals surface area contributed by atoms with E-state index in [1.54, 1.807) is 18.1 Å². The van der Waals surface area contributed by atoms with Crippen molar-refractivity contribution in [3.8, 4) is 0 Å². The number of nitrogens with zero attached hydrogens (tertiary/aromatic N) is 3. The van der Waals surface area contributed by atoms with Crippen LogP contribution in [0.3, 0.4) is 0 Å². The van der Waals surface area contributed by atoms with Gasteiger partial charge in [-0.2, -0.15) is 0 Å². The molecule has 2 heterocycles. The number of aromatic nitrogens is 1. The average Bonchev–Trinajstić information content (AvgIpc) is 2.58. The molecule has 1 aliphatic heterocycles. The predicted octanol–water partition coefficient (Wildman–Crippen LogP) is 1.49. The Balaban J connectivity index is 1.86. The fourth-order valence-electron chi connectivity index (χ4n) is 2.83. The molecule has 1 atom stereocenters. The highest BCUT2D eigenvalue weighted by atomic mass is 16.2. The minimum atomic E-state index is -0.481. The average molecular weight is 309 g/mol. The number of amides is 2. The maximum atomic E-state index is 12.6. The van der Waals surface area contributed by atoms with E-state index in [1.807, 2.05) is 48.5 Å². The summed E-state index contributed by atoms with van der Waals surface area (Å²) in [4.78, 5) is 32.5. The van der Waals surface area contributed by atoms with Crippen molar-refractivity contribution in [1.29, 1.82) is 0 Å². The second-order valence-electron chi connectivity index (χ2n) is 5.74. The minimum absolute atomic E-state index is 0.0237. The SMILES string of the molecule is CN1CC(=O)N(Cc2ccccn2)[C@@H](Cc2ccccc2)C1=O. The zero-order valence-electron chi connectivity index (χ0n) is 13.1. The molecule has 5 nitrogen and oxygen atoms in total. The van der Waals surface area contributed by atoms with Crippen molar-refractivity contribution in [3.63, 3.8) is 0 Å². The molecular formula is C18H19N3O2. The Labute approximate surface area is 135 Å². The van der Waals surface area contributed by atoms with Crippen LogP contribution in [0.25, 0.3) is 0 Å². The Kier molecular flexibility index (Phi) is 4.37. The monoisotopic (exact) mass is 309 g/mol. The Hall–Kier alpha value is -2.69. The summed E-state index contributed by atoms with van der Waals surface area (Å²) in [5.74, 6) is -0.0666. The predicted molar refractivity (Wildman–Crippen MR) is 86.4 cm³/mol. The molecule has 2 amide bonds. The molecule has 1 fully saturated rings. The van der Waals surface area contributed by atoms with Crippen molar-refractivity contribution in [2.45, 2.75) is 19.0 Å². The van der Waals surface area contributed by atoms with Crippen LogP contribution in [0, 0.1) is 0 Å². The van der Waals surface area contributed by atoms with Gasteiger partial charge in [0, 0.05) is 19.7 Å². The van der Waals surface area contributed by atoms with Gasteiger partial charge < -0.3 is 9.80 Å². The molecule has 0 saturated carbocycles. The number of hydrogen-bond acceptors (Lipinski definition) is 3. The van der Waals surface area contributed by atoms with E-state index in [2.05, 4.69) is 4.98 Å². The van der Waals surface area contributed by atoms with Gasteiger partial charge in [-0.1, -0.05) is 36.4 Å². The van der Waals surface area contributed by atoms with Gasteiger partial charge in [0.25, 0.3) is 0 Å². The fourth-order valence-corrected chi connectivity index (χ4v) is 2.83. The molecule has 0 bridgehead atoms. The Bertz CT molecular complexity index is 688. The third kappa shape index (κ3) is 3.39. The van der Waals surface area contributed by atoms with E-state index < -0.39 is 6.04 Å². The molecule has 0 radical (unpaired) electrons. The van der Waals surface area contributed by atoms with Gasteiger partial charge in [-0.05, 0) is 17.7 Å². The van der Waals surface area contributed by atoms with Crippen molar-refractivity contribution in [3.05, 3.63) is 66.0 Å². The highest BCUT2D eigenvalue weighted by Crippen LogP contribution is 2.18.